The summed E-state index contributed by atoms with van der Waals surface area (Å²) < 4.78 is 25.7. The summed E-state index contributed by atoms with van der Waals surface area (Å²) in [5, 5.41) is 2.41. The van der Waals surface area contributed by atoms with Crippen molar-refractivity contribution in [2.75, 3.05) is 25.0 Å². The van der Waals surface area contributed by atoms with Crippen LogP contribution in [0.1, 0.15) is 203 Å². The standard InChI is InChI=1S/C23H19BrN2O5.C19H15BrN2O2.C19H12BrNO3.C15H15Br2NO3.C15H16BrNO3.C11H9BrO/c1-23(2,3)31-22(30)26-17-9-8-14(24)10-13(17)11-18(26)19(27)12-25-20(28)15-6-4-5-7-16(15)21(25)29;20-14-6-5-11-7-13(8-12(11)9-14)17(21)10-22-18(23)15-3-1-2-4-16(15)19(22)24;20-14-6-5-11-7-13(8-12(11)9-14)17(22)10-21-18(23)15-3-1-2-4-16(15)19(21)24;1-15(2,3)21-14(20)18-11-5-4-10(17)6-9(11)7-12(18)13(19)8-16;1-9(18)13-8-10-7-11(16)5-6-12(10)17(13)14(19)20-15(2,3)4;1-7(13)9-4-8-2-3-11(12)6-10(8)5-9/h4-11H,12H2,1-3H3;1-6,8-9,17H,7,10,21H2;1-6,8-9H,7,10H2;4-7H,8H2,1-3H3;5-8H,1-4H3;2-3,5-6H,4H2,1H3. The number of carbonyl (C=O) groups is 14. The molecule has 2 N–H and O–H groups in total. The van der Waals surface area contributed by atoms with E-state index in [9.17, 15) is 67.1 Å². The van der Waals surface area contributed by atoms with Gasteiger partial charge in [0.25, 0.3) is 35.4 Å². The second-order valence-electron chi connectivity index (χ2n) is 34.6. The molecule has 1 unspecified atom stereocenters. The van der Waals surface area contributed by atoms with Gasteiger partial charge in [-0.1, -0.05) is 172 Å². The maximum absolute atomic E-state index is 13.2. The van der Waals surface area contributed by atoms with Gasteiger partial charge in [0.2, 0.25) is 0 Å². The highest BCUT2D eigenvalue weighted by molar-refractivity contribution is 9.11. The third-order valence-corrected chi connectivity index (χ3v) is 24.9. The van der Waals surface area contributed by atoms with Gasteiger partial charge in [-0.2, -0.15) is 0 Å². The van der Waals surface area contributed by atoms with Gasteiger partial charge in [0.15, 0.2) is 28.9 Å². The summed E-state index contributed by atoms with van der Waals surface area (Å²) in [6.45, 7) is 18.5. The van der Waals surface area contributed by atoms with Crippen LogP contribution < -0.4 is 5.73 Å². The fourth-order valence-corrected chi connectivity index (χ4v) is 17.9. The van der Waals surface area contributed by atoms with E-state index in [1.165, 1.54) is 42.2 Å². The molecule has 31 heteroatoms. The van der Waals surface area contributed by atoms with Crippen molar-refractivity contribution in [2.24, 2.45) is 5.73 Å². The summed E-state index contributed by atoms with van der Waals surface area (Å²) in [5.74, 6) is -3.30. The van der Waals surface area contributed by atoms with Crippen LogP contribution >= 0.6 is 112 Å². The van der Waals surface area contributed by atoms with E-state index in [0.29, 0.717) is 67.6 Å². The number of fused-ring (bicyclic) bond motifs is 9. The van der Waals surface area contributed by atoms with Crippen molar-refractivity contribution < 1.29 is 81.3 Å². The molecule has 24 nitrogen and oxygen atoms in total. The van der Waals surface area contributed by atoms with Gasteiger partial charge in [-0.25, -0.2) is 28.1 Å². The predicted octanol–water partition coefficient (Wildman–Crippen LogP) is 23.1. The first kappa shape index (κ1) is 98.8. The van der Waals surface area contributed by atoms with E-state index in [1.807, 2.05) is 72.8 Å². The SMILES string of the molecule is CC(=O)C1=Cc2cc(Br)ccc2C1.CC(=O)c1cc2cc(Br)ccc2n1C(=O)OC(C)(C)C.CC(C)(C)OC(=O)n1c(C(=O)CBr)cc2cc(Br)ccc21.CC(C)(C)OC(=O)n1c(C(=O)CN2C(=O)c3ccccc3C2=O)cc2cc(Br)ccc21.NC(CN1C(=O)c2ccccc2C1=O)C1=Cc2cc(Br)ccc2C1.O=C(CN1C(=O)c2ccccc2C1=O)C1=Cc2cc(Br)ccc2C1. The van der Waals surface area contributed by atoms with Crippen LogP contribution in [-0.4, -0.2) is 159 Å². The number of imide groups is 3. The van der Waals surface area contributed by atoms with Crippen LogP contribution in [0.15, 0.2) is 244 Å². The minimum absolute atomic E-state index is 0.0407. The Bertz CT molecular complexity index is 6920. The molecule has 12 aromatic rings. The number of carbonyl (C=O) groups excluding carboxylic acids is 14. The largest absolute Gasteiger partial charge is 0.443 e. The van der Waals surface area contributed by atoms with Crippen LogP contribution in [0.2, 0.25) is 0 Å². The zero-order chi connectivity index (χ0) is 96.5. The van der Waals surface area contributed by atoms with Crippen LogP contribution in [0.25, 0.3) is 50.9 Å². The molecule has 6 aliphatic rings. The number of alkyl halides is 1. The Labute approximate surface area is 824 Å². The molecule has 0 fully saturated rings. The molecule has 0 saturated carbocycles. The molecule has 0 radical (unpaired) electrons. The fourth-order valence-electron chi connectivity index (χ4n) is 15.3. The summed E-state index contributed by atoms with van der Waals surface area (Å²) in [4.78, 5) is 176. The van der Waals surface area contributed by atoms with E-state index in [0.717, 1.165) is 88.1 Å². The first-order valence-electron chi connectivity index (χ1n) is 41.6. The van der Waals surface area contributed by atoms with Gasteiger partial charge < -0.3 is 19.9 Å². The Morgan fingerprint density at radius 3 is 0.985 bits per heavy atom. The second-order valence-corrected chi connectivity index (χ2v) is 40.7. The molecule has 18 rings (SSSR count). The number of aromatic nitrogens is 3. The Morgan fingerprint density at radius 1 is 0.346 bits per heavy atom. The molecule has 133 heavy (non-hydrogen) atoms. The number of nitrogens with two attached hydrogens (primary N) is 1. The van der Waals surface area contributed by atoms with Crippen LogP contribution in [0, 0.1) is 0 Å². The lowest BCUT2D eigenvalue weighted by molar-refractivity contribution is -0.116. The van der Waals surface area contributed by atoms with Crippen LogP contribution in [0.5, 0.6) is 0 Å². The lowest BCUT2D eigenvalue weighted by atomic mass is 10.0. The minimum atomic E-state index is -0.772. The van der Waals surface area contributed by atoms with Gasteiger partial charge >= 0.3 is 18.3 Å². The van der Waals surface area contributed by atoms with Gasteiger partial charge in [-0.05, 0) is 278 Å². The lowest BCUT2D eigenvalue weighted by Crippen LogP contribution is -2.41. The van der Waals surface area contributed by atoms with Crippen molar-refractivity contribution in [3.63, 3.8) is 0 Å². The highest BCUT2D eigenvalue weighted by atomic mass is 79.9. The Morgan fingerprint density at radius 2 is 0.639 bits per heavy atom. The smallest absolute Gasteiger partial charge is 0.419 e. The molecule has 3 aromatic heterocycles. The number of ether oxygens (including phenoxy) is 3. The maximum atomic E-state index is 13.2. The molecule has 6 amide bonds. The van der Waals surface area contributed by atoms with E-state index < -0.39 is 71.0 Å². The van der Waals surface area contributed by atoms with Crippen LogP contribution in [0.3, 0.4) is 0 Å². The normalized spacial score (nSPS) is 13.9. The van der Waals surface area contributed by atoms with Gasteiger partial charge in [-0.15, -0.1) is 0 Å². The number of nitrogens with zero attached hydrogens (tertiary/aromatic N) is 6. The minimum Gasteiger partial charge on any atom is -0.443 e. The Balaban J connectivity index is 0.000000138. The Hall–Kier alpha value is -11.7. The van der Waals surface area contributed by atoms with Gasteiger partial charge in [0, 0.05) is 80.9 Å². The molecule has 9 aromatic carbocycles. The van der Waals surface area contributed by atoms with Gasteiger partial charge in [0.05, 0.1) is 85.4 Å². The average Bonchev–Trinajstić information content (AvgIpc) is 1.67. The number of Topliss-reactive ketones (excluding diaryl/α,β-unsaturated/α-hetero) is 5. The van der Waals surface area contributed by atoms with Crippen LogP contribution in [-0.2, 0) is 43.1 Å². The summed E-state index contributed by atoms with van der Waals surface area (Å²) in [7, 11) is 0. The molecule has 3 aliphatic heterocycles. The third-order valence-electron chi connectivity index (χ3n) is 21.5. The van der Waals surface area contributed by atoms with Crippen molar-refractivity contribution in [3.05, 3.63) is 328 Å². The third kappa shape index (κ3) is 22.7. The van der Waals surface area contributed by atoms with E-state index >= 15 is 0 Å². The Kier molecular flexibility index (Phi) is 30.2. The maximum Gasteiger partial charge on any atom is 0.419 e. The summed E-state index contributed by atoms with van der Waals surface area (Å²) >= 11 is 23.6. The van der Waals surface area contributed by atoms with E-state index in [-0.39, 0.29) is 76.2 Å². The van der Waals surface area contributed by atoms with Crippen molar-refractivity contribution >= 4 is 245 Å². The molecule has 1 atom stereocenters. The summed E-state index contributed by atoms with van der Waals surface area (Å²) in [6.07, 6.45) is 6.14. The molecule has 0 spiro atoms. The number of ketones is 5. The molecular formula is C102H86Br7N7O17. The first-order chi connectivity index (χ1) is 62.7. The molecule has 6 heterocycles. The van der Waals surface area contributed by atoms with Crippen molar-refractivity contribution in [3.8, 4) is 0 Å². The topological polar surface area (TPSA) is 317 Å². The molecule has 680 valence electrons. The zero-order valence-electron chi connectivity index (χ0n) is 73.7. The van der Waals surface area contributed by atoms with Gasteiger partial charge in [-0.3, -0.25) is 67.4 Å². The number of amides is 6. The lowest BCUT2D eigenvalue weighted by Gasteiger charge is -2.21. The number of rotatable bonds is 13. The molecular weight excluding hydrogens is 2150 g/mol. The van der Waals surface area contributed by atoms with E-state index in [4.69, 9.17) is 19.9 Å². The van der Waals surface area contributed by atoms with E-state index in [1.54, 1.807) is 191 Å². The number of halogens is 7. The predicted molar refractivity (Wildman–Crippen MR) is 533 cm³/mol. The van der Waals surface area contributed by atoms with Gasteiger partial charge in [0.1, 0.15) is 16.8 Å². The average molecular weight is 2240 g/mol. The highest BCUT2D eigenvalue weighted by Crippen LogP contribution is 2.37. The molecule has 3 aliphatic carbocycles. The second kappa shape index (κ2) is 40.6. The number of allylic oxidation sites excluding steroid dienone is 1. The van der Waals surface area contributed by atoms with Crippen LogP contribution in [0.4, 0.5) is 14.4 Å². The van der Waals surface area contributed by atoms with Crippen molar-refractivity contribution in [2.45, 2.75) is 118 Å². The van der Waals surface area contributed by atoms with E-state index in [2.05, 4.69) is 136 Å². The molecule has 0 saturated heterocycles. The fraction of sp³-hybridized carbons (Fsp3) is 0.216. The number of hydrogen-bond donors (Lipinski definition) is 1. The number of benzene rings is 9. The van der Waals surface area contributed by atoms with Crippen molar-refractivity contribution in [1.82, 2.24) is 28.4 Å². The summed E-state index contributed by atoms with van der Waals surface area (Å²) in [6, 6.07) is 58.8. The monoisotopic (exact) mass is 2230 g/mol. The number of hydrogen-bond acceptors (Lipinski definition) is 18. The molecule has 0 bridgehead atoms. The quantitative estimate of drug-likeness (QED) is 0.0485. The summed E-state index contributed by atoms with van der Waals surface area (Å²) in [5.41, 5.74) is 18.4. The first-order valence-corrected chi connectivity index (χ1v) is 47.5. The highest BCUT2D eigenvalue weighted by Gasteiger charge is 2.41. The van der Waals surface area contributed by atoms with Crippen molar-refractivity contribution in [1.29, 1.82) is 0 Å². The zero-order valence-corrected chi connectivity index (χ0v) is 84.8.